The number of rotatable bonds is 5. The van der Waals surface area contributed by atoms with Crippen molar-refractivity contribution >= 4 is 11.7 Å². The molecule has 0 aliphatic heterocycles. The van der Waals surface area contributed by atoms with Crippen LogP contribution in [0.1, 0.15) is 33.3 Å². The molecule has 0 N–H and O–H groups in total. The van der Waals surface area contributed by atoms with Crippen LogP contribution in [0.15, 0.2) is 46.9 Å². The number of amides is 1. The number of Topliss-reactive ketones (excluding diaryl/α,β-unsaturated/α-hetero) is 1. The number of benzene rings is 1. The van der Waals surface area contributed by atoms with E-state index in [9.17, 15) is 9.59 Å². The summed E-state index contributed by atoms with van der Waals surface area (Å²) in [6, 6.07) is 13.1. The maximum Gasteiger partial charge on any atom is 0.295 e. The van der Waals surface area contributed by atoms with E-state index in [2.05, 4.69) is 5.10 Å². The van der Waals surface area contributed by atoms with Gasteiger partial charge in [0.05, 0.1) is 29.2 Å². The lowest BCUT2D eigenvalue weighted by Crippen LogP contribution is -2.33. The Morgan fingerprint density at radius 3 is 2.38 bits per heavy atom. The highest BCUT2D eigenvalue weighted by molar-refractivity contribution is 6.43. The van der Waals surface area contributed by atoms with E-state index in [1.54, 1.807) is 31.6 Å². The van der Waals surface area contributed by atoms with Crippen molar-refractivity contribution in [2.24, 2.45) is 0 Å². The van der Waals surface area contributed by atoms with Crippen molar-refractivity contribution in [3.05, 3.63) is 70.9 Å². The summed E-state index contributed by atoms with van der Waals surface area (Å²) in [5, 5.41) is 4.44. The first kappa shape index (κ1) is 17.7. The maximum atomic E-state index is 12.8. The number of ketones is 1. The molecule has 0 fully saturated rings. The molecule has 1 amide bonds. The summed E-state index contributed by atoms with van der Waals surface area (Å²) >= 11 is 0. The minimum absolute atomic E-state index is 0.239. The number of carbonyl (C=O) groups excluding carboxylic acids is 2. The Morgan fingerprint density at radius 2 is 1.77 bits per heavy atom. The van der Waals surface area contributed by atoms with Gasteiger partial charge in [0.1, 0.15) is 11.5 Å². The smallest absolute Gasteiger partial charge is 0.295 e. The van der Waals surface area contributed by atoms with Crippen LogP contribution in [0.2, 0.25) is 0 Å². The third-order valence-electron chi connectivity index (χ3n) is 4.25. The highest BCUT2D eigenvalue weighted by Crippen LogP contribution is 2.19. The summed E-state index contributed by atoms with van der Waals surface area (Å²) in [7, 11) is 1.59. The summed E-state index contributed by atoms with van der Waals surface area (Å²) < 4.78 is 7.16. The van der Waals surface area contributed by atoms with Gasteiger partial charge >= 0.3 is 0 Å². The average molecular weight is 351 g/mol. The zero-order valence-corrected chi connectivity index (χ0v) is 15.3. The predicted molar refractivity (Wildman–Crippen MR) is 97.3 cm³/mol. The van der Waals surface area contributed by atoms with E-state index in [1.807, 2.05) is 43.3 Å². The molecule has 26 heavy (non-hydrogen) atoms. The van der Waals surface area contributed by atoms with Gasteiger partial charge < -0.3 is 9.32 Å². The van der Waals surface area contributed by atoms with Crippen molar-refractivity contribution in [2.75, 3.05) is 7.05 Å². The van der Waals surface area contributed by atoms with Crippen LogP contribution >= 0.6 is 0 Å². The second-order valence-corrected chi connectivity index (χ2v) is 6.30. The molecule has 0 saturated carbocycles. The molecule has 2 aromatic heterocycles. The fourth-order valence-corrected chi connectivity index (χ4v) is 2.95. The lowest BCUT2D eigenvalue weighted by molar-refractivity contribution is -0.125. The van der Waals surface area contributed by atoms with Gasteiger partial charge in [-0.05, 0) is 45.0 Å². The van der Waals surface area contributed by atoms with E-state index in [4.69, 9.17) is 4.42 Å². The van der Waals surface area contributed by atoms with Crippen LogP contribution in [0.25, 0.3) is 5.69 Å². The Hall–Kier alpha value is -3.15. The first-order valence-corrected chi connectivity index (χ1v) is 8.35. The number of aromatic nitrogens is 2. The molecule has 0 aliphatic carbocycles. The largest absolute Gasteiger partial charge is 0.464 e. The molecule has 6 nitrogen and oxygen atoms in total. The van der Waals surface area contributed by atoms with Gasteiger partial charge in [-0.3, -0.25) is 9.59 Å². The molecule has 0 aliphatic rings. The topological polar surface area (TPSA) is 68.3 Å². The molecular weight excluding hydrogens is 330 g/mol. The predicted octanol–water partition coefficient (Wildman–Crippen LogP) is 3.23. The average Bonchev–Trinajstić information content (AvgIpc) is 3.16. The molecule has 0 atom stereocenters. The molecule has 1 aromatic carbocycles. The Morgan fingerprint density at radius 1 is 1.08 bits per heavy atom. The summed E-state index contributed by atoms with van der Waals surface area (Å²) in [6.07, 6.45) is 0. The number of likely N-dealkylation sites (N-methyl/N-ethyl adjacent to an activating group) is 1. The molecule has 0 saturated heterocycles. The SMILES string of the molecule is Cc1ccc(CN(C)C(=O)C(=O)c2c(C)nn(-c3ccccc3)c2C)o1. The number of aryl methyl sites for hydroxylation is 2. The maximum absolute atomic E-state index is 12.8. The van der Waals surface area contributed by atoms with Crippen LogP contribution in [0, 0.1) is 20.8 Å². The Labute approximate surface area is 152 Å². The van der Waals surface area contributed by atoms with Crippen LogP contribution in [-0.4, -0.2) is 33.4 Å². The first-order valence-electron chi connectivity index (χ1n) is 8.35. The second kappa shape index (κ2) is 7.00. The van der Waals surface area contributed by atoms with E-state index in [0.29, 0.717) is 22.7 Å². The van der Waals surface area contributed by atoms with Crippen LogP contribution < -0.4 is 0 Å². The molecule has 0 bridgehead atoms. The van der Waals surface area contributed by atoms with Crippen molar-refractivity contribution in [2.45, 2.75) is 27.3 Å². The van der Waals surface area contributed by atoms with E-state index < -0.39 is 11.7 Å². The number of hydrogen-bond donors (Lipinski definition) is 0. The quantitative estimate of drug-likeness (QED) is 0.523. The summed E-state index contributed by atoms with van der Waals surface area (Å²) in [4.78, 5) is 26.8. The highest BCUT2D eigenvalue weighted by Gasteiger charge is 2.27. The molecular formula is C20H21N3O3. The van der Waals surface area contributed by atoms with Crippen LogP contribution in [0.4, 0.5) is 0 Å². The third-order valence-corrected chi connectivity index (χ3v) is 4.25. The van der Waals surface area contributed by atoms with Gasteiger partial charge in [0.15, 0.2) is 0 Å². The van der Waals surface area contributed by atoms with Crippen molar-refractivity contribution in [3.8, 4) is 5.69 Å². The lowest BCUT2D eigenvalue weighted by atomic mass is 10.1. The zero-order chi connectivity index (χ0) is 18.8. The van der Waals surface area contributed by atoms with Crippen LogP contribution in [0.5, 0.6) is 0 Å². The van der Waals surface area contributed by atoms with Gasteiger partial charge in [-0.2, -0.15) is 5.10 Å². The van der Waals surface area contributed by atoms with Gasteiger partial charge in [0.2, 0.25) is 0 Å². The van der Waals surface area contributed by atoms with E-state index >= 15 is 0 Å². The van der Waals surface area contributed by atoms with Crippen LogP contribution in [0.3, 0.4) is 0 Å². The molecule has 2 heterocycles. The third kappa shape index (κ3) is 3.31. The minimum atomic E-state index is -0.585. The summed E-state index contributed by atoms with van der Waals surface area (Å²) in [5.74, 6) is 0.258. The van der Waals surface area contributed by atoms with Crippen molar-refractivity contribution < 1.29 is 14.0 Å². The standard InChI is InChI=1S/C20H21N3O3/c1-13-10-11-17(26-13)12-22(4)20(25)19(24)18-14(2)21-23(15(18)3)16-8-6-5-7-9-16/h5-11H,12H2,1-4H3. The van der Waals surface area contributed by atoms with Gasteiger partial charge in [0, 0.05) is 7.05 Å². The lowest BCUT2D eigenvalue weighted by Gasteiger charge is -2.15. The normalized spacial score (nSPS) is 10.8. The van der Waals surface area contributed by atoms with Gasteiger partial charge in [0.25, 0.3) is 11.7 Å². The molecule has 6 heteroatoms. The number of para-hydroxylation sites is 1. The number of carbonyl (C=O) groups is 2. The zero-order valence-electron chi connectivity index (χ0n) is 15.3. The second-order valence-electron chi connectivity index (χ2n) is 6.30. The van der Waals surface area contributed by atoms with Crippen molar-refractivity contribution in [1.29, 1.82) is 0 Å². The van der Waals surface area contributed by atoms with Crippen LogP contribution in [-0.2, 0) is 11.3 Å². The number of hydrogen-bond acceptors (Lipinski definition) is 4. The van der Waals surface area contributed by atoms with E-state index in [0.717, 1.165) is 11.4 Å². The first-order chi connectivity index (χ1) is 12.4. The van der Waals surface area contributed by atoms with Crippen molar-refractivity contribution in [1.82, 2.24) is 14.7 Å². The number of furan rings is 1. The minimum Gasteiger partial charge on any atom is -0.464 e. The summed E-state index contributed by atoms with van der Waals surface area (Å²) in [6.45, 7) is 5.61. The highest BCUT2D eigenvalue weighted by atomic mass is 16.3. The van der Waals surface area contributed by atoms with Crippen molar-refractivity contribution in [3.63, 3.8) is 0 Å². The monoisotopic (exact) mass is 351 g/mol. The molecule has 0 radical (unpaired) electrons. The van der Waals surface area contributed by atoms with Gasteiger partial charge in [-0.25, -0.2) is 4.68 Å². The Kier molecular flexibility index (Phi) is 4.75. The van der Waals surface area contributed by atoms with E-state index in [-0.39, 0.29) is 6.54 Å². The Bertz CT molecular complexity index is 954. The van der Waals surface area contributed by atoms with Gasteiger partial charge in [-0.1, -0.05) is 18.2 Å². The molecule has 3 aromatic rings. The summed E-state index contributed by atoms with van der Waals surface area (Å²) in [5.41, 5.74) is 2.38. The Balaban J connectivity index is 1.85. The number of nitrogens with zero attached hydrogens (tertiary/aromatic N) is 3. The molecule has 0 spiro atoms. The van der Waals surface area contributed by atoms with Gasteiger partial charge in [-0.15, -0.1) is 0 Å². The fourth-order valence-electron chi connectivity index (χ4n) is 2.95. The molecule has 3 rings (SSSR count). The molecule has 0 unspecified atom stereocenters. The van der Waals surface area contributed by atoms with E-state index in [1.165, 1.54) is 4.90 Å². The fraction of sp³-hybridized carbons (Fsp3) is 0.250. The molecule has 134 valence electrons.